The highest BCUT2D eigenvalue weighted by atomic mass is 16.5. The van der Waals surface area contributed by atoms with E-state index in [1.54, 1.807) is 4.90 Å². The minimum Gasteiger partial charge on any atom is -0.373 e. The number of hydrogen-bond acceptors (Lipinski definition) is 4. The Morgan fingerprint density at radius 2 is 2.45 bits per heavy atom. The number of nitrogens with one attached hydrogen (secondary N) is 1. The molecule has 0 radical (unpaired) electrons. The van der Waals surface area contributed by atoms with Crippen LogP contribution in [-0.4, -0.2) is 43.3 Å². The molecule has 0 aromatic rings. The van der Waals surface area contributed by atoms with Crippen LogP contribution in [0.15, 0.2) is 0 Å². The van der Waals surface area contributed by atoms with Crippen LogP contribution in [0, 0.1) is 11.5 Å². The number of morpholine rings is 1. The SMILES string of the molecule is N#CN1CC2NCCOC2C1. The van der Waals surface area contributed by atoms with Gasteiger partial charge < -0.3 is 15.0 Å². The second kappa shape index (κ2) is 2.68. The van der Waals surface area contributed by atoms with Gasteiger partial charge in [0.2, 0.25) is 0 Å². The molecule has 2 saturated heterocycles. The summed E-state index contributed by atoms with van der Waals surface area (Å²) in [6, 6.07) is 0.378. The van der Waals surface area contributed by atoms with E-state index in [4.69, 9.17) is 10.00 Å². The molecule has 2 rings (SSSR count). The molecule has 2 fully saturated rings. The van der Waals surface area contributed by atoms with E-state index in [2.05, 4.69) is 11.5 Å². The summed E-state index contributed by atoms with van der Waals surface area (Å²) in [7, 11) is 0. The van der Waals surface area contributed by atoms with Gasteiger partial charge in [0.15, 0.2) is 6.19 Å². The highest BCUT2D eigenvalue weighted by molar-refractivity contribution is 4.96. The van der Waals surface area contributed by atoms with Gasteiger partial charge in [0.25, 0.3) is 0 Å². The summed E-state index contributed by atoms with van der Waals surface area (Å²) in [5, 5.41) is 11.9. The lowest BCUT2D eigenvalue weighted by atomic mass is 10.2. The minimum atomic E-state index is 0.239. The first-order valence-corrected chi connectivity index (χ1v) is 3.90. The number of nitriles is 1. The molecule has 2 heterocycles. The van der Waals surface area contributed by atoms with Gasteiger partial charge in [0, 0.05) is 13.1 Å². The normalized spacial score (nSPS) is 36.5. The van der Waals surface area contributed by atoms with Crippen LogP contribution < -0.4 is 5.32 Å². The minimum absolute atomic E-state index is 0.239. The Morgan fingerprint density at radius 1 is 1.55 bits per heavy atom. The van der Waals surface area contributed by atoms with Crippen molar-refractivity contribution in [2.45, 2.75) is 12.1 Å². The molecule has 1 N–H and O–H groups in total. The molecule has 2 aliphatic rings. The van der Waals surface area contributed by atoms with Gasteiger partial charge in [-0.05, 0) is 0 Å². The first-order chi connectivity index (χ1) is 5.40. The molecule has 0 aromatic heterocycles. The third-order valence-electron chi connectivity index (χ3n) is 2.25. The Balaban J connectivity index is 1.99. The smallest absolute Gasteiger partial charge is 0.179 e. The maximum Gasteiger partial charge on any atom is 0.179 e. The van der Waals surface area contributed by atoms with E-state index in [0.29, 0.717) is 6.04 Å². The van der Waals surface area contributed by atoms with E-state index in [1.807, 2.05) is 0 Å². The third-order valence-corrected chi connectivity index (χ3v) is 2.25. The Bertz CT molecular complexity index is 175. The first-order valence-electron chi connectivity index (χ1n) is 3.90. The molecule has 0 aromatic carbocycles. The van der Waals surface area contributed by atoms with Crippen LogP contribution in [0.2, 0.25) is 0 Å². The fraction of sp³-hybridized carbons (Fsp3) is 0.857. The van der Waals surface area contributed by atoms with Gasteiger partial charge in [-0.15, -0.1) is 0 Å². The van der Waals surface area contributed by atoms with Crippen LogP contribution in [-0.2, 0) is 4.74 Å². The Labute approximate surface area is 65.7 Å². The second-order valence-electron chi connectivity index (χ2n) is 2.97. The van der Waals surface area contributed by atoms with Gasteiger partial charge in [-0.2, -0.15) is 5.26 Å². The van der Waals surface area contributed by atoms with Crippen LogP contribution >= 0.6 is 0 Å². The van der Waals surface area contributed by atoms with E-state index in [0.717, 1.165) is 26.2 Å². The molecule has 11 heavy (non-hydrogen) atoms. The zero-order valence-electron chi connectivity index (χ0n) is 6.29. The summed E-state index contributed by atoms with van der Waals surface area (Å²) in [6.45, 7) is 3.26. The average Bonchev–Trinajstić information content (AvgIpc) is 2.46. The fourth-order valence-electron chi connectivity index (χ4n) is 1.68. The molecule has 4 heteroatoms. The fourth-order valence-corrected chi connectivity index (χ4v) is 1.68. The zero-order valence-corrected chi connectivity index (χ0v) is 6.29. The molecule has 0 bridgehead atoms. The summed E-state index contributed by atoms with van der Waals surface area (Å²) in [5.41, 5.74) is 0. The summed E-state index contributed by atoms with van der Waals surface area (Å²) in [4.78, 5) is 1.74. The van der Waals surface area contributed by atoms with Crippen LogP contribution in [0.4, 0.5) is 0 Å². The van der Waals surface area contributed by atoms with Gasteiger partial charge in [0.1, 0.15) is 0 Å². The van der Waals surface area contributed by atoms with Gasteiger partial charge in [-0.3, -0.25) is 0 Å². The molecule has 60 valence electrons. The molecule has 0 aliphatic carbocycles. The lowest BCUT2D eigenvalue weighted by molar-refractivity contribution is 0.0189. The highest BCUT2D eigenvalue weighted by Gasteiger charge is 2.34. The number of hydrogen-bond donors (Lipinski definition) is 1. The predicted octanol–water partition coefficient (Wildman–Crippen LogP) is -0.860. The Hall–Kier alpha value is -0.790. The van der Waals surface area contributed by atoms with Crippen molar-refractivity contribution in [2.75, 3.05) is 26.2 Å². The Morgan fingerprint density at radius 3 is 3.18 bits per heavy atom. The largest absolute Gasteiger partial charge is 0.373 e. The molecule has 0 saturated carbocycles. The maximum absolute atomic E-state index is 8.61. The quantitative estimate of drug-likeness (QED) is 0.460. The molecule has 0 amide bonds. The van der Waals surface area contributed by atoms with Crippen molar-refractivity contribution in [3.05, 3.63) is 0 Å². The van der Waals surface area contributed by atoms with Crippen molar-refractivity contribution in [1.29, 1.82) is 5.26 Å². The summed E-state index contributed by atoms with van der Waals surface area (Å²) in [6.07, 6.45) is 2.37. The van der Waals surface area contributed by atoms with Crippen molar-refractivity contribution in [3.8, 4) is 6.19 Å². The second-order valence-corrected chi connectivity index (χ2v) is 2.97. The standard InChI is InChI=1S/C7H11N3O/c8-5-10-3-6-7(4-10)11-2-1-9-6/h6-7,9H,1-4H2. The summed E-state index contributed by atoms with van der Waals surface area (Å²) in [5.74, 6) is 0. The molecule has 2 aliphatic heterocycles. The van der Waals surface area contributed by atoms with Crippen molar-refractivity contribution in [3.63, 3.8) is 0 Å². The van der Waals surface area contributed by atoms with Crippen molar-refractivity contribution < 1.29 is 4.74 Å². The molecule has 2 atom stereocenters. The summed E-state index contributed by atoms with van der Waals surface area (Å²) >= 11 is 0. The van der Waals surface area contributed by atoms with Crippen molar-refractivity contribution >= 4 is 0 Å². The number of fused-ring (bicyclic) bond motifs is 1. The van der Waals surface area contributed by atoms with Gasteiger partial charge >= 0.3 is 0 Å². The molecule has 4 nitrogen and oxygen atoms in total. The van der Waals surface area contributed by atoms with E-state index < -0.39 is 0 Å². The van der Waals surface area contributed by atoms with E-state index in [9.17, 15) is 0 Å². The molecule has 0 spiro atoms. The average molecular weight is 153 g/mol. The van der Waals surface area contributed by atoms with E-state index in [-0.39, 0.29) is 6.10 Å². The van der Waals surface area contributed by atoms with Gasteiger partial charge in [0.05, 0.1) is 25.3 Å². The van der Waals surface area contributed by atoms with Crippen LogP contribution in [0.25, 0.3) is 0 Å². The number of nitrogens with zero attached hydrogens (tertiary/aromatic N) is 2. The van der Waals surface area contributed by atoms with E-state index >= 15 is 0 Å². The third kappa shape index (κ3) is 1.17. The Kier molecular flexibility index (Phi) is 1.68. The summed E-state index contributed by atoms with van der Waals surface area (Å²) < 4.78 is 5.48. The van der Waals surface area contributed by atoms with Crippen molar-refractivity contribution in [2.24, 2.45) is 0 Å². The van der Waals surface area contributed by atoms with Crippen molar-refractivity contribution in [1.82, 2.24) is 10.2 Å². The zero-order chi connectivity index (χ0) is 7.68. The molecular weight excluding hydrogens is 142 g/mol. The number of rotatable bonds is 0. The first kappa shape index (κ1) is 6.89. The molecule has 2 unspecified atom stereocenters. The number of likely N-dealkylation sites (tertiary alicyclic amines) is 1. The maximum atomic E-state index is 8.61. The van der Waals surface area contributed by atoms with Crippen LogP contribution in [0.3, 0.4) is 0 Å². The number of ether oxygens (including phenoxy) is 1. The lowest BCUT2D eigenvalue weighted by Crippen LogP contribution is -2.47. The topological polar surface area (TPSA) is 48.3 Å². The van der Waals surface area contributed by atoms with Gasteiger partial charge in [-0.1, -0.05) is 0 Å². The van der Waals surface area contributed by atoms with Gasteiger partial charge in [-0.25, -0.2) is 0 Å². The van der Waals surface area contributed by atoms with Crippen LogP contribution in [0.5, 0.6) is 0 Å². The molecular formula is C7H11N3O. The highest BCUT2D eigenvalue weighted by Crippen LogP contribution is 2.14. The van der Waals surface area contributed by atoms with Crippen LogP contribution in [0.1, 0.15) is 0 Å². The predicted molar refractivity (Wildman–Crippen MR) is 38.7 cm³/mol. The van der Waals surface area contributed by atoms with E-state index in [1.165, 1.54) is 0 Å². The lowest BCUT2D eigenvalue weighted by Gasteiger charge is -2.25. The monoisotopic (exact) mass is 153 g/mol.